The van der Waals surface area contributed by atoms with E-state index in [0.717, 1.165) is 11.8 Å². The van der Waals surface area contributed by atoms with Gasteiger partial charge in [-0.1, -0.05) is 37.1 Å². The molecular formula is C14H19Cl. The molecule has 0 heterocycles. The van der Waals surface area contributed by atoms with Crippen LogP contribution in [0.5, 0.6) is 0 Å². The highest BCUT2D eigenvalue weighted by molar-refractivity contribution is 6.21. The van der Waals surface area contributed by atoms with Crippen LogP contribution in [0.2, 0.25) is 0 Å². The second-order valence-corrected chi connectivity index (χ2v) is 5.30. The Morgan fingerprint density at radius 2 is 2.13 bits per heavy atom. The fraction of sp³-hybridized carbons (Fsp3) is 0.571. The van der Waals surface area contributed by atoms with Crippen LogP contribution in [-0.4, -0.2) is 0 Å². The van der Waals surface area contributed by atoms with Crippen molar-refractivity contribution in [3.63, 3.8) is 0 Å². The van der Waals surface area contributed by atoms with Crippen molar-refractivity contribution in [1.82, 2.24) is 0 Å². The van der Waals surface area contributed by atoms with Gasteiger partial charge in [0.1, 0.15) is 0 Å². The van der Waals surface area contributed by atoms with Gasteiger partial charge in [-0.25, -0.2) is 0 Å². The molecule has 0 saturated heterocycles. The van der Waals surface area contributed by atoms with Crippen molar-refractivity contribution in [2.45, 2.75) is 39.0 Å². The Bertz CT molecular complexity index is 356. The lowest BCUT2D eigenvalue weighted by Gasteiger charge is -2.13. The highest BCUT2D eigenvalue weighted by atomic mass is 35.5. The Labute approximate surface area is 97.6 Å². The first kappa shape index (κ1) is 11.0. The molecule has 1 aliphatic carbocycles. The lowest BCUT2D eigenvalue weighted by atomic mass is 9.99. The van der Waals surface area contributed by atoms with Crippen LogP contribution in [0.15, 0.2) is 18.2 Å². The Balaban J connectivity index is 2.16. The first-order valence-corrected chi connectivity index (χ1v) is 6.28. The van der Waals surface area contributed by atoms with Gasteiger partial charge in [-0.2, -0.15) is 0 Å². The molecule has 0 spiro atoms. The number of alkyl halides is 1. The first-order chi connectivity index (χ1) is 7.13. The molecule has 1 aromatic rings. The van der Waals surface area contributed by atoms with E-state index in [-0.39, 0.29) is 5.38 Å². The summed E-state index contributed by atoms with van der Waals surface area (Å²) >= 11 is 6.53. The first-order valence-electron chi connectivity index (χ1n) is 5.84. The minimum Gasteiger partial charge on any atom is -0.118 e. The number of halogens is 1. The molecule has 0 bridgehead atoms. The number of hydrogen-bond donors (Lipinski definition) is 0. The smallest absolute Gasteiger partial charge is 0.0618 e. The van der Waals surface area contributed by atoms with Gasteiger partial charge in [0.05, 0.1) is 5.38 Å². The van der Waals surface area contributed by atoms with Crippen LogP contribution in [0.25, 0.3) is 0 Å². The summed E-state index contributed by atoms with van der Waals surface area (Å²) in [5.41, 5.74) is 4.00. The summed E-state index contributed by atoms with van der Waals surface area (Å²) in [4.78, 5) is 0. The maximum Gasteiger partial charge on any atom is 0.0618 e. The number of hydrogen-bond acceptors (Lipinski definition) is 0. The van der Waals surface area contributed by atoms with Gasteiger partial charge in [-0.15, -0.1) is 11.6 Å². The van der Waals surface area contributed by atoms with E-state index < -0.39 is 0 Å². The van der Waals surface area contributed by atoms with Gasteiger partial charge >= 0.3 is 0 Å². The second-order valence-electron chi connectivity index (χ2n) is 4.83. The van der Waals surface area contributed by atoms with E-state index in [0.29, 0.717) is 0 Å². The van der Waals surface area contributed by atoms with Gasteiger partial charge in [-0.05, 0) is 43.2 Å². The van der Waals surface area contributed by atoms with E-state index in [4.69, 9.17) is 11.6 Å². The minimum absolute atomic E-state index is 0.232. The zero-order chi connectivity index (χ0) is 11.0. The highest BCUT2D eigenvalue weighted by Gasteiger charge is 2.41. The van der Waals surface area contributed by atoms with Crippen molar-refractivity contribution >= 4 is 11.6 Å². The molecule has 3 atom stereocenters. The fourth-order valence-corrected chi connectivity index (χ4v) is 3.02. The monoisotopic (exact) mass is 222 g/mol. The molecule has 0 aromatic heterocycles. The number of aryl methyl sites for hydroxylation is 2. The molecule has 1 heteroatoms. The van der Waals surface area contributed by atoms with Gasteiger partial charge in [0, 0.05) is 0 Å². The summed E-state index contributed by atoms with van der Waals surface area (Å²) in [6, 6.07) is 6.60. The van der Waals surface area contributed by atoms with E-state index in [1.807, 2.05) is 0 Å². The molecular weight excluding hydrogens is 204 g/mol. The maximum absolute atomic E-state index is 6.53. The van der Waals surface area contributed by atoms with Crippen LogP contribution >= 0.6 is 11.6 Å². The average molecular weight is 223 g/mol. The third-order valence-electron chi connectivity index (χ3n) is 3.60. The molecule has 1 fully saturated rings. The Morgan fingerprint density at radius 1 is 1.40 bits per heavy atom. The summed E-state index contributed by atoms with van der Waals surface area (Å²) in [5, 5.41) is 0.232. The van der Waals surface area contributed by atoms with E-state index in [2.05, 4.69) is 39.0 Å². The van der Waals surface area contributed by atoms with Crippen molar-refractivity contribution in [3.8, 4) is 0 Å². The maximum atomic E-state index is 6.53. The van der Waals surface area contributed by atoms with Crippen LogP contribution < -0.4 is 0 Å². The quantitative estimate of drug-likeness (QED) is 0.655. The molecule has 1 saturated carbocycles. The normalized spacial score (nSPS) is 26.4. The topological polar surface area (TPSA) is 0 Å². The predicted molar refractivity (Wildman–Crippen MR) is 66.4 cm³/mol. The Kier molecular flexibility index (Phi) is 3.06. The molecule has 82 valence electrons. The average Bonchev–Trinajstić information content (AvgIpc) is 2.95. The predicted octanol–water partition coefficient (Wildman–Crippen LogP) is 4.63. The molecule has 0 nitrogen and oxygen atoms in total. The van der Waals surface area contributed by atoms with Gasteiger partial charge in [0.25, 0.3) is 0 Å². The lowest BCUT2D eigenvalue weighted by Crippen LogP contribution is -1.98. The number of benzene rings is 1. The fourth-order valence-electron chi connectivity index (χ4n) is 2.46. The van der Waals surface area contributed by atoms with Gasteiger partial charge in [0.2, 0.25) is 0 Å². The molecule has 1 unspecified atom stereocenters. The Morgan fingerprint density at radius 3 is 2.67 bits per heavy atom. The van der Waals surface area contributed by atoms with E-state index in [1.165, 1.54) is 29.5 Å². The van der Waals surface area contributed by atoms with Crippen LogP contribution in [0.1, 0.15) is 41.8 Å². The zero-order valence-corrected chi connectivity index (χ0v) is 10.5. The van der Waals surface area contributed by atoms with Crippen LogP contribution in [0.3, 0.4) is 0 Å². The highest BCUT2D eigenvalue weighted by Crippen LogP contribution is 2.52. The van der Waals surface area contributed by atoms with Crippen molar-refractivity contribution in [2.75, 3.05) is 0 Å². The van der Waals surface area contributed by atoms with Crippen molar-refractivity contribution in [3.05, 3.63) is 34.9 Å². The van der Waals surface area contributed by atoms with Crippen molar-refractivity contribution < 1.29 is 0 Å². The molecule has 2 rings (SSSR count). The van der Waals surface area contributed by atoms with E-state index in [9.17, 15) is 0 Å². The molecule has 1 aliphatic rings. The summed E-state index contributed by atoms with van der Waals surface area (Å²) < 4.78 is 0. The van der Waals surface area contributed by atoms with Crippen LogP contribution in [0, 0.1) is 25.7 Å². The van der Waals surface area contributed by atoms with Crippen molar-refractivity contribution in [2.24, 2.45) is 11.8 Å². The van der Waals surface area contributed by atoms with Crippen molar-refractivity contribution in [1.29, 1.82) is 0 Å². The van der Waals surface area contributed by atoms with Gasteiger partial charge in [-0.3, -0.25) is 0 Å². The third kappa shape index (κ3) is 2.20. The largest absolute Gasteiger partial charge is 0.118 e. The summed E-state index contributed by atoms with van der Waals surface area (Å²) in [6.07, 6.45) is 2.59. The van der Waals surface area contributed by atoms with Gasteiger partial charge in [0.15, 0.2) is 0 Å². The lowest BCUT2D eigenvalue weighted by molar-refractivity contribution is 0.660. The van der Waals surface area contributed by atoms with Crippen LogP contribution in [-0.2, 0) is 0 Å². The zero-order valence-electron chi connectivity index (χ0n) is 9.76. The van der Waals surface area contributed by atoms with Gasteiger partial charge < -0.3 is 0 Å². The summed E-state index contributed by atoms with van der Waals surface area (Å²) in [6.45, 7) is 6.56. The summed E-state index contributed by atoms with van der Waals surface area (Å²) in [7, 11) is 0. The molecule has 1 aromatic carbocycles. The number of rotatable bonds is 3. The minimum atomic E-state index is 0.232. The third-order valence-corrected chi connectivity index (χ3v) is 4.16. The van der Waals surface area contributed by atoms with E-state index >= 15 is 0 Å². The van der Waals surface area contributed by atoms with E-state index in [1.54, 1.807) is 0 Å². The molecule has 0 radical (unpaired) electrons. The molecule has 0 aliphatic heterocycles. The molecule has 15 heavy (non-hydrogen) atoms. The summed E-state index contributed by atoms with van der Waals surface area (Å²) in [5.74, 6) is 1.59. The molecule has 0 amide bonds. The second kappa shape index (κ2) is 4.17. The Hall–Kier alpha value is -0.490. The molecule has 0 N–H and O–H groups in total. The standard InChI is InChI=1S/C14H19Cl/c1-4-11-8-13(11)14(15)12-6-5-9(2)7-10(12)3/h5-7,11,13-14H,4,8H2,1-3H3/t11-,13-,14?/m1/s1. The van der Waals surface area contributed by atoms with Crippen LogP contribution in [0.4, 0.5) is 0 Å². The SMILES string of the molecule is CC[C@@H]1C[C@H]1C(Cl)c1ccc(C)cc1C.